The third kappa shape index (κ3) is 2.65. The number of hydrogen-bond acceptors (Lipinski definition) is 4. The number of carbonyl (C=O) groups excluding carboxylic acids is 1. The lowest BCUT2D eigenvalue weighted by molar-refractivity contribution is 0.0949. The lowest BCUT2D eigenvalue weighted by Crippen LogP contribution is -2.19. The molecule has 0 spiro atoms. The number of nitrogens with one attached hydrogen (secondary N) is 2. The van der Waals surface area contributed by atoms with E-state index >= 15 is 0 Å². The zero-order valence-electron chi connectivity index (χ0n) is 10.2. The fourth-order valence-corrected chi connectivity index (χ4v) is 2.16. The molecule has 0 aliphatic heterocycles. The first kappa shape index (κ1) is 12.5. The van der Waals surface area contributed by atoms with Gasteiger partial charge in [-0.1, -0.05) is 13.0 Å². The lowest BCUT2D eigenvalue weighted by atomic mass is 10.1. The number of H-pyrrole nitrogens is 1. The fraction of sp³-hybridized carbons (Fsp3) is 0.250. The third-order valence-electron chi connectivity index (χ3n) is 2.58. The van der Waals surface area contributed by atoms with Crippen molar-refractivity contribution in [3.8, 4) is 0 Å². The molecule has 0 radical (unpaired) electrons. The van der Waals surface area contributed by atoms with E-state index in [1.54, 1.807) is 17.6 Å². The summed E-state index contributed by atoms with van der Waals surface area (Å²) in [4.78, 5) is 12.8. The molecule has 18 heavy (non-hydrogen) atoms. The van der Waals surface area contributed by atoms with Gasteiger partial charge in [0, 0.05) is 16.1 Å². The van der Waals surface area contributed by atoms with Crippen LogP contribution in [0.5, 0.6) is 0 Å². The van der Waals surface area contributed by atoms with Crippen molar-refractivity contribution in [1.29, 1.82) is 0 Å². The Balaban J connectivity index is 2.01. The highest BCUT2D eigenvalue weighted by molar-refractivity contribution is 7.11. The molecule has 0 aromatic carbocycles. The second-order valence-corrected chi connectivity index (χ2v) is 4.72. The van der Waals surface area contributed by atoms with Gasteiger partial charge >= 0.3 is 0 Å². The third-order valence-corrected chi connectivity index (χ3v) is 3.39. The fourth-order valence-electron chi connectivity index (χ4n) is 1.57. The smallest absolute Gasteiger partial charge is 0.282 e. The normalized spacial score (nSPS) is 11.0. The van der Waals surface area contributed by atoms with E-state index in [4.69, 9.17) is 0 Å². The van der Waals surface area contributed by atoms with Crippen LogP contribution in [-0.2, 0) is 6.42 Å². The number of rotatable bonds is 4. The minimum Gasteiger partial charge on any atom is -0.282 e. The van der Waals surface area contributed by atoms with E-state index < -0.39 is 0 Å². The largest absolute Gasteiger partial charge is 0.292 e. The second-order valence-electron chi connectivity index (χ2n) is 3.74. The number of hydrazone groups is 1. The van der Waals surface area contributed by atoms with Crippen molar-refractivity contribution in [1.82, 2.24) is 15.6 Å². The quantitative estimate of drug-likeness (QED) is 0.654. The van der Waals surface area contributed by atoms with E-state index in [0.29, 0.717) is 5.69 Å². The van der Waals surface area contributed by atoms with Gasteiger partial charge in [0.1, 0.15) is 0 Å². The van der Waals surface area contributed by atoms with Crippen molar-refractivity contribution in [2.24, 2.45) is 5.10 Å². The van der Waals surface area contributed by atoms with Gasteiger partial charge in [0.15, 0.2) is 5.69 Å². The molecule has 0 unspecified atom stereocenters. The summed E-state index contributed by atoms with van der Waals surface area (Å²) in [5, 5.41) is 12.7. The Labute approximate surface area is 109 Å². The van der Waals surface area contributed by atoms with Crippen LogP contribution >= 0.6 is 11.3 Å². The first-order valence-corrected chi connectivity index (χ1v) is 6.51. The van der Waals surface area contributed by atoms with Crippen molar-refractivity contribution >= 4 is 23.5 Å². The van der Waals surface area contributed by atoms with Crippen LogP contribution in [0.15, 0.2) is 22.6 Å². The van der Waals surface area contributed by atoms with Crippen LogP contribution in [0.1, 0.15) is 33.5 Å². The first-order valence-electron chi connectivity index (χ1n) is 5.63. The summed E-state index contributed by atoms with van der Waals surface area (Å²) >= 11 is 1.56. The summed E-state index contributed by atoms with van der Waals surface area (Å²) < 4.78 is 0. The van der Waals surface area contributed by atoms with Crippen molar-refractivity contribution < 1.29 is 4.79 Å². The number of aromatic nitrogens is 2. The molecule has 6 heteroatoms. The maximum atomic E-state index is 11.8. The zero-order chi connectivity index (χ0) is 13.0. The van der Waals surface area contributed by atoms with Crippen LogP contribution in [-0.4, -0.2) is 22.3 Å². The summed E-state index contributed by atoms with van der Waals surface area (Å²) in [6.07, 6.45) is 2.44. The number of hydrogen-bond donors (Lipinski definition) is 2. The Morgan fingerprint density at radius 1 is 1.67 bits per heavy atom. The molecule has 0 saturated carbocycles. The molecule has 2 N–H and O–H groups in total. The molecule has 2 heterocycles. The molecule has 2 aromatic heterocycles. The molecule has 0 bridgehead atoms. The lowest BCUT2D eigenvalue weighted by Gasteiger charge is -1.97. The predicted molar refractivity (Wildman–Crippen MR) is 72.1 cm³/mol. The predicted octanol–water partition coefficient (Wildman–Crippen LogP) is 2.11. The standard InChI is InChI=1S/C12H14N4OS/c1-3-10-8(2)11(15-14-10)12(17)16-13-7-9-5-4-6-18-9/h4-7H,3H2,1-2H3,(H,14,15)(H,16,17)/b13-7-. The molecular formula is C12H14N4OS. The topological polar surface area (TPSA) is 70.1 Å². The van der Waals surface area contributed by atoms with Crippen LogP contribution in [0.2, 0.25) is 0 Å². The number of amides is 1. The Hall–Kier alpha value is -1.95. The monoisotopic (exact) mass is 262 g/mol. The maximum absolute atomic E-state index is 11.8. The molecule has 94 valence electrons. The molecule has 0 aliphatic rings. The highest BCUT2D eigenvalue weighted by Crippen LogP contribution is 2.10. The van der Waals surface area contributed by atoms with Crippen molar-refractivity contribution in [2.75, 3.05) is 0 Å². The van der Waals surface area contributed by atoms with Crippen molar-refractivity contribution in [3.63, 3.8) is 0 Å². The molecule has 2 rings (SSSR count). The number of carbonyl (C=O) groups is 1. The van der Waals surface area contributed by atoms with E-state index in [9.17, 15) is 4.79 Å². The van der Waals surface area contributed by atoms with Crippen molar-refractivity contribution in [2.45, 2.75) is 20.3 Å². The van der Waals surface area contributed by atoms with E-state index in [2.05, 4.69) is 20.7 Å². The molecule has 2 aromatic rings. The van der Waals surface area contributed by atoms with E-state index in [0.717, 1.165) is 22.6 Å². The SMILES string of the molecule is CCc1[nH]nc(C(=O)N/N=C\c2cccs2)c1C. The summed E-state index contributed by atoms with van der Waals surface area (Å²) in [6, 6.07) is 3.86. The molecular weight excluding hydrogens is 248 g/mol. The van der Waals surface area contributed by atoms with Crippen LogP contribution in [0.4, 0.5) is 0 Å². The van der Waals surface area contributed by atoms with Gasteiger partial charge in [-0.05, 0) is 24.8 Å². The number of aromatic amines is 1. The van der Waals surface area contributed by atoms with Crippen LogP contribution in [0, 0.1) is 6.92 Å². The van der Waals surface area contributed by atoms with Gasteiger partial charge in [0.2, 0.25) is 0 Å². The van der Waals surface area contributed by atoms with E-state index in [-0.39, 0.29) is 5.91 Å². The molecule has 0 saturated heterocycles. The zero-order valence-corrected chi connectivity index (χ0v) is 11.0. The molecule has 5 nitrogen and oxygen atoms in total. The van der Waals surface area contributed by atoms with Gasteiger partial charge in [0.25, 0.3) is 5.91 Å². The molecule has 1 amide bonds. The minimum atomic E-state index is -0.295. The van der Waals surface area contributed by atoms with Crippen LogP contribution < -0.4 is 5.43 Å². The van der Waals surface area contributed by atoms with Gasteiger partial charge in [-0.2, -0.15) is 10.2 Å². The highest BCUT2D eigenvalue weighted by Gasteiger charge is 2.14. The average Bonchev–Trinajstić information content (AvgIpc) is 2.98. The van der Waals surface area contributed by atoms with E-state index in [1.807, 2.05) is 31.4 Å². The van der Waals surface area contributed by atoms with Gasteiger partial charge in [-0.25, -0.2) is 5.43 Å². The van der Waals surface area contributed by atoms with Gasteiger partial charge in [-0.15, -0.1) is 11.3 Å². The summed E-state index contributed by atoms with van der Waals surface area (Å²) in [5.41, 5.74) is 4.72. The molecule has 0 fully saturated rings. The highest BCUT2D eigenvalue weighted by atomic mass is 32.1. The Kier molecular flexibility index (Phi) is 3.88. The number of thiophene rings is 1. The van der Waals surface area contributed by atoms with E-state index in [1.165, 1.54) is 0 Å². The average molecular weight is 262 g/mol. The Bertz CT molecular complexity index is 557. The number of nitrogens with zero attached hydrogens (tertiary/aromatic N) is 2. The molecule has 0 aliphatic carbocycles. The van der Waals surface area contributed by atoms with Gasteiger partial charge in [0.05, 0.1) is 6.21 Å². The summed E-state index contributed by atoms with van der Waals surface area (Å²) in [6.45, 7) is 3.89. The van der Waals surface area contributed by atoms with Crippen LogP contribution in [0.3, 0.4) is 0 Å². The van der Waals surface area contributed by atoms with Gasteiger partial charge < -0.3 is 0 Å². The summed E-state index contributed by atoms with van der Waals surface area (Å²) in [5.74, 6) is -0.295. The molecule has 0 atom stereocenters. The Morgan fingerprint density at radius 2 is 2.50 bits per heavy atom. The maximum Gasteiger partial charge on any atom is 0.292 e. The van der Waals surface area contributed by atoms with Gasteiger partial charge in [-0.3, -0.25) is 9.89 Å². The van der Waals surface area contributed by atoms with Crippen LogP contribution in [0.25, 0.3) is 0 Å². The first-order chi connectivity index (χ1) is 8.72. The Morgan fingerprint density at radius 3 is 3.11 bits per heavy atom. The minimum absolute atomic E-state index is 0.295. The number of aryl methyl sites for hydroxylation is 1. The second kappa shape index (κ2) is 5.59. The summed E-state index contributed by atoms with van der Waals surface area (Å²) in [7, 11) is 0. The van der Waals surface area contributed by atoms with Crippen molar-refractivity contribution in [3.05, 3.63) is 39.3 Å².